The van der Waals surface area contributed by atoms with Gasteiger partial charge in [0.1, 0.15) is 48.8 Å². The highest BCUT2D eigenvalue weighted by molar-refractivity contribution is 5.76. The number of rotatable bonds is 34. The number of ether oxygens (including phenoxy) is 4. The lowest BCUT2D eigenvalue weighted by Gasteiger charge is -2.46. The second kappa shape index (κ2) is 33.7. The van der Waals surface area contributed by atoms with Crippen LogP contribution in [0.2, 0.25) is 0 Å². The Bertz CT molecular complexity index is 1150. The number of hydrogen-bond donors (Lipinski definition) is 9. The van der Waals surface area contributed by atoms with Crippen LogP contribution in [0.4, 0.5) is 0 Å². The van der Waals surface area contributed by atoms with Gasteiger partial charge < -0.3 is 65.1 Å². The quantitative estimate of drug-likeness (QED) is 0.0315. The number of hydrogen-bond acceptors (Lipinski definition) is 13. The summed E-state index contributed by atoms with van der Waals surface area (Å²) in [5, 5.41) is 86.4. The van der Waals surface area contributed by atoms with Gasteiger partial charge in [0.2, 0.25) is 5.91 Å². The Morgan fingerprint density at radius 3 is 1.72 bits per heavy atom. The molecule has 0 aromatic rings. The fourth-order valence-corrected chi connectivity index (χ4v) is 7.42. The molecule has 14 heteroatoms. The number of aliphatic hydroxyl groups is 8. The maximum absolute atomic E-state index is 13.1. The zero-order valence-electron chi connectivity index (χ0n) is 36.7. The van der Waals surface area contributed by atoms with Crippen LogP contribution in [0.3, 0.4) is 0 Å². The van der Waals surface area contributed by atoms with Crippen molar-refractivity contribution in [3.05, 3.63) is 36.5 Å². The molecule has 350 valence electrons. The summed E-state index contributed by atoms with van der Waals surface area (Å²) >= 11 is 0. The maximum Gasteiger partial charge on any atom is 0.220 e. The van der Waals surface area contributed by atoms with Crippen LogP contribution < -0.4 is 5.32 Å². The number of nitrogens with one attached hydrogen (secondary N) is 1. The molecule has 0 radical (unpaired) electrons. The van der Waals surface area contributed by atoms with Crippen LogP contribution >= 0.6 is 0 Å². The molecule has 0 aromatic heterocycles. The molecule has 12 unspecified atom stereocenters. The van der Waals surface area contributed by atoms with E-state index in [1.54, 1.807) is 6.08 Å². The molecule has 0 spiro atoms. The van der Waals surface area contributed by atoms with Gasteiger partial charge >= 0.3 is 0 Å². The number of carbonyl (C=O) groups is 1. The lowest BCUT2D eigenvalue weighted by atomic mass is 9.97. The highest BCUT2D eigenvalue weighted by Gasteiger charge is 2.50. The molecule has 0 saturated carbocycles. The van der Waals surface area contributed by atoms with Gasteiger partial charge in [-0.15, -0.1) is 0 Å². The van der Waals surface area contributed by atoms with Gasteiger partial charge in [0.05, 0.1) is 32.0 Å². The van der Waals surface area contributed by atoms with Crippen LogP contribution in [0.1, 0.15) is 155 Å². The van der Waals surface area contributed by atoms with Crippen LogP contribution in [0.5, 0.6) is 0 Å². The van der Waals surface area contributed by atoms with Crippen molar-refractivity contribution in [3.63, 3.8) is 0 Å². The fourth-order valence-electron chi connectivity index (χ4n) is 7.42. The molecule has 1 amide bonds. The summed E-state index contributed by atoms with van der Waals surface area (Å²) in [5.41, 5.74) is 0. The molecule has 14 nitrogen and oxygen atoms in total. The van der Waals surface area contributed by atoms with E-state index in [0.717, 1.165) is 64.2 Å². The van der Waals surface area contributed by atoms with Gasteiger partial charge in [0, 0.05) is 6.42 Å². The molecular weight excluding hydrogens is 774 g/mol. The first-order chi connectivity index (χ1) is 29.1. The zero-order valence-corrected chi connectivity index (χ0v) is 36.7. The Morgan fingerprint density at radius 1 is 0.600 bits per heavy atom. The minimum Gasteiger partial charge on any atom is -0.394 e. The third-order valence-electron chi connectivity index (χ3n) is 11.3. The van der Waals surface area contributed by atoms with E-state index < -0.39 is 86.8 Å². The third-order valence-corrected chi connectivity index (χ3v) is 11.3. The topological polar surface area (TPSA) is 228 Å². The zero-order chi connectivity index (χ0) is 44.0. The molecule has 0 bridgehead atoms. The smallest absolute Gasteiger partial charge is 0.220 e. The van der Waals surface area contributed by atoms with E-state index >= 15 is 0 Å². The van der Waals surface area contributed by atoms with Crippen molar-refractivity contribution >= 4 is 5.91 Å². The minimum absolute atomic E-state index is 0.257. The summed E-state index contributed by atoms with van der Waals surface area (Å²) in [6.45, 7) is 2.69. The van der Waals surface area contributed by atoms with E-state index in [2.05, 4.69) is 43.5 Å². The predicted molar refractivity (Wildman–Crippen MR) is 231 cm³/mol. The van der Waals surface area contributed by atoms with Crippen LogP contribution in [0, 0.1) is 0 Å². The number of unbranched alkanes of at least 4 members (excludes halogenated alkanes) is 17. The maximum atomic E-state index is 13.1. The highest BCUT2D eigenvalue weighted by Crippen LogP contribution is 2.30. The Balaban J connectivity index is 1.91. The second-order valence-electron chi connectivity index (χ2n) is 16.5. The van der Waals surface area contributed by atoms with Crippen LogP contribution in [0.15, 0.2) is 36.5 Å². The fraction of sp³-hybridized carbons (Fsp3) is 0.848. The minimum atomic E-state index is -1.79. The summed E-state index contributed by atoms with van der Waals surface area (Å²) < 4.78 is 22.6. The summed E-state index contributed by atoms with van der Waals surface area (Å²) in [4.78, 5) is 13.1. The molecule has 12 atom stereocenters. The molecule has 2 saturated heterocycles. The molecule has 2 heterocycles. The van der Waals surface area contributed by atoms with E-state index in [9.17, 15) is 45.6 Å². The van der Waals surface area contributed by atoms with Gasteiger partial charge in [0.15, 0.2) is 12.6 Å². The van der Waals surface area contributed by atoms with Crippen molar-refractivity contribution in [1.82, 2.24) is 5.32 Å². The van der Waals surface area contributed by atoms with E-state index in [1.165, 1.54) is 64.2 Å². The van der Waals surface area contributed by atoms with E-state index in [1.807, 2.05) is 6.08 Å². The van der Waals surface area contributed by atoms with Crippen molar-refractivity contribution in [3.8, 4) is 0 Å². The molecule has 9 N–H and O–H groups in total. The molecule has 60 heavy (non-hydrogen) atoms. The Labute approximate surface area is 360 Å². The van der Waals surface area contributed by atoms with Gasteiger partial charge in [0.25, 0.3) is 0 Å². The Hall–Kier alpha value is -1.79. The van der Waals surface area contributed by atoms with E-state index in [0.29, 0.717) is 6.42 Å². The Morgan fingerprint density at radius 2 is 1.12 bits per heavy atom. The SMILES string of the molecule is CCCC/C=C\C/C=C\CCCCCCCC(=O)NC(COC1OC(CO)C(OC2OC(CO)C(O)C(O)C2O)C(O)C1O)C(O)/C=C/CCCCCCCCCCCC. The van der Waals surface area contributed by atoms with Crippen molar-refractivity contribution in [2.45, 2.75) is 229 Å². The first kappa shape index (κ1) is 54.3. The monoisotopic (exact) mass is 858 g/mol. The standard InChI is InChI=1S/C46H83NO13/c1-3-5-7-9-11-13-15-17-18-20-22-24-26-28-30-38(51)47-34(35(50)29-27-25-23-21-19-16-14-12-10-8-6-4-2)33-57-45-43(56)41(54)44(37(32-49)59-45)60-46-42(55)40(53)39(52)36(31-48)58-46/h9,11,15,17,27,29,34-37,39-46,48-50,52-56H,3-8,10,12-14,16,18-26,28,30-33H2,1-2H3,(H,47,51)/b11-9-,17-15-,29-27+. The molecular formula is C46H83NO13. The lowest BCUT2D eigenvalue weighted by molar-refractivity contribution is -0.359. The van der Waals surface area contributed by atoms with Crippen molar-refractivity contribution in [2.24, 2.45) is 0 Å². The normalized spacial score (nSPS) is 28.6. The summed E-state index contributed by atoms with van der Waals surface area (Å²) in [5.74, 6) is -0.257. The molecule has 2 aliphatic rings. The molecule has 2 aliphatic heterocycles. The number of allylic oxidation sites excluding steroid dienone is 5. The predicted octanol–water partition coefficient (Wildman–Crippen LogP) is 4.76. The summed E-state index contributed by atoms with van der Waals surface area (Å²) in [6.07, 6.45) is 19.0. The summed E-state index contributed by atoms with van der Waals surface area (Å²) in [6, 6.07) is -0.918. The van der Waals surface area contributed by atoms with Crippen LogP contribution in [-0.2, 0) is 23.7 Å². The van der Waals surface area contributed by atoms with Crippen LogP contribution in [0.25, 0.3) is 0 Å². The third kappa shape index (κ3) is 21.5. The largest absolute Gasteiger partial charge is 0.394 e. The number of amides is 1. The van der Waals surface area contributed by atoms with Gasteiger partial charge in [-0.2, -0.15) is 0 Å². The molecule has 0 aromatic carbocycles. The van der Waals surface area contributed by atoms with E-state index in [4.69, 9.17) is 18.9 Å². The Kier molecular flexibility index (Phi) is 30.5. The molecule has 2 fully saturated rings. The first-order valence-corrected chi connectivity index (χ1v) is 23.2. The van der Waals surface area contributed by atoms with Crippen molar-refractivity contribution in [1.29, 1.82) is 0 Å². The number of carbonyl (C=O) groups excluding carboxylic acids is 1. The van der Waals surface area contributed by atoms with Crippen molar-refractivity contribution < 1.29 is 64.6 Å². The molecule has 2 rings (SSSR count). The van der Waals surface area contributed by atoms with E-state index in [-0.39, 0.29) is 18.9 Å². The molecule has 0 aliphatic carbocycles. The van der Waals surface area contributed by atoms with Gasteiger partial charge in [-0.1, -0.05) is 140 Å². The van der Waals surface area contributed by atoms with Crippen LogP contribution in [-0.4, -0.2) is 140 Å². The van der Waals surface area contributed by atoms with Gasteiger partial charge in [-0.25, -0.2) is 0 Å². The first-order valence-electron chi connectivity index (χ1n) is 23.2. The summed E-state index contributed by atoms with van der Waals surface area (Å²) in [7, 11) is 0. The van der Waals surface area contributed by atoms with Gasteiger partial charge in [-0.3, -0.25) is 4.79 Å². The lowest BCUT2D eigenvalue weighted by Crippen LogP contribution is -2.65. The average Bonchev–Trinajstić information content (AvgIpc) is 3.24. The second-order valence-corrected chi connectivity index (χ2v) is 16.5. The highest BCUT2D eigenvalue weighted by atomic mass is 16.7. The average molecular weight is 858 g/mol. The van der Waals surface area contributed by atoms with Crippen molar-refractivity contribution in [2.75, 3.05) is 19.8 Å². The van der Waals surface area contributed by atoms with Gasteiger partial charge in [-0.05, 0) is 44.9 Å². The number of aliphatic hydroxyl groups excluding tert-OH is 8.